The summed E-state index contributed by atoms with van der Waals surface area (Å²) < 4.78 is 38.0. The van der Waals surface area contributed by atoms with Crippen LogP contribution in [-0.4, -0.2) is 78.8 Å². The third-order valence-electron chi connectivity index (χ3n) is 11.0. The molecule has 1 aliphatic carbocycles. The van der Waals surface area contributed by atoms with Crippen molar-refractivity contribution in [2.75, 3.05) is 13.7 Å². The van der Waals surface area contributed by atoms with Gasteiger partial charge >= 0.3 is 11.9 Å². The minimum atomic E-state index is -1.67. The first-order valence-electron chi connectivity index (χ1n) is 17.7. The summed E-state index contributed by atoms with van der Waals surface area (Å²) in [4.78, 5) is 27.1. The summed E-state index contributed by atoms with van der Waals surface area (Å²) in [6.45, 7) is 16.0. The van der Waals surface area contributed by atoms with Crippen LogP contribution >= 0.6 is 0 Å². The number of carbonyl (C=O) groups is 2. The van der Waals surface area contributed by atoms with E-state index in [2.05, 4.69) is 26.0 Å². The van der Waals surface area contributed by atoms with Crippen LogP contribution in [0.5, 0.6) is 0 Å². The van der Waals surface area contributed by atoms with Crippen LogP contribution in [0, 0.1) is 23.7 Å². The van der Waals surface area contributed by atoms with E-state index in [0.717, 1.165) is 23.1 Å². The van der Waals surface area contributed by atoms with Gasteiger partial charge in [-0.15, -0.1) is 0 Å². The lowest BCUT2D eigenvalue weighted by atomic mass is 9.70. The molecule has 0 radical (unpaired) electrons. The SMILES string of the molecule is C/C=C(\C)[C@H]1O[C@]2(CC[C@@H]1C)C[C@@H]1C[C@@H](C/C=C(/C)[C@H](OC(=O)C(C)C)[C@@H](C)/C=C\C=C3\CO[C@@H]4[C@H](OC)C(C)=C[C@@H](C(=O)O1)[C@]34O)O2. The molecule has 48 heavy (non-hydrogen) atoms. The Labute approximate surface area is 286 Å². The molecule has 1 spiro atoms. The van der Waals surface area contributed by atoms with Crippen molar-refractivity contribution in [3.05, 3.63) is 58.7 Å². The predicted molar refractivity (Wildman–Crippen MR) is 182 cm³/mol. The Hall–Kier alpha value is -2.56. The fourth-order valence-electron chi connectivity index (χ4n) is 8.06. The Kier molecular flexibility index (Phi) is 11.3. The van der Waals surface area contributed by atoms with E-state index in [1.165, 1.54) is 0 Å². The number of allylic oxidation sites excluding steroid dienone is 3. The zero-order valence-electron chi connectivity index (χ0n) is 30.2. The van der Waals surface area contributed by atoms with Crippen molar-refractivity contribution in [1.82, 2.24) is 0 Å². The zero-order chi connectivity index (χ0) is 35.0. The molecule has 5 rings (SSSR count). The number of carbonyl (C=O) groups excluding carboxylic acids is 2. The Morgan fingerprint density at radius 3 is 2.56 bits per heavy atom. The first-order chi connectivity index (χ1) is 22.7. The maximum atomic E-state index is 14.2. The van der Waals surface area contributed by atoms with E-state index in [4.69, 9.17) is 28.4 Å². The Morgan fingerprint density at radius 2 is 1.88 bits per heavy atom. The number of aliphatic hydroxyl groups is 1. The first kappa shape index (κ1) is 36.7. The van der Waals surface area contributed by atoms with Crippen LogP contribution in [0.4, 0.5) is 0 Å². The third-order valence-corrected chi connectivity index (χ3v) is 11.0. The molecule has 0 unspecified atom stereocenters. The fourth-order valence-corrected chi connectivity index (χ4v) is 8.06. The Morgan fingerprint density at radius 1 is 1.12 bits per heavy atom. The Bertz CT molecular complexity index is 1370. The van der Waals surface area contributed by atoms with Crippen LogP contribution in [-0.2, 0) is 38.0 Å². The molecule has 5 aliphatic rings. The molecule has 9 nitrogen and oxygen atoms in total. The molecule has 11 atom stereocenters. The van der Waals surface area contributed by atoms with E-state index in [1.807, 2.05) is 59.8 Å². The second-order valence-corrected chi connectivity index (χ2v) is 15.0. The largest absolute Gasteiger partial charge is 0.462 e. The lowest BCUT2D eigenvalue weighted by molar-refractivity contribution is -0.329. The van der Waals surface area contributed by atoms with Crippen LogP contribution < -0.4 is 0 Å². The first-order valence-corrected chi connectivity index (χ1v) is 17.7. The molecule has 3 saturated heterocycles. The molecule has 4 heterocycles. The highest BCUT2D eigenvalue weighted by molar-refractivity contribution is 5.78. The standard InChI is InChI=1S/C39H56O9/c1-10-23(4)33-26(7)16-17-38(48-33)20-30-19-29(47-38)15-14-25(6)32(46-36(40)22(2)3)24(5)12-11-13-28-21-44-35-34(43-9)27(8)18-31(37(41)45-30)39(28,35)42/h10-14,18,22,24,26,29-35,42H,15-17,19-21H2,1-9H3/b12-11-,23-10+,25-14-,28-13-/t24-,26-,29+,30-,31-,32+,33+,34+,35+,38+,39+/m0/s1. The number of fused-ring (bicyclic) bond motifs is 2. The smallest absolute Gasteiger partial charge is 0.316 e. The minimum Gasteiger partial charge on any atom is -0.462 e. The van der Waals surface area contributed by atoms with Crippen molar-refractivity contribution in [2.45, 2.75) is 136 Å². The van der Waals surface area contributed by atoms with Gasteiger partial charge < -0.3 is 33.5 Å². The van der Waals surface area contributed by atoms with Crippen molar-refractivity contribution < 1.29 is 43.1 Å². The number of rotatable bonds is 4. The van der Waals surface area contributed by atoms with Crippen molar-refractivity contribution in [3.63, 3.8) is 0 Å². The summed E-state index contributed by atoms with van der Waals surface area (Å²) in [6, 6.07) is 0. The molecule has 0 saturated carbocycles. The van der Waals surface area contributed by atoms with E-state index < -0.39 is 47.7 Å². The number of hydrogen-bond donors (Lipinski definition) is 1. The van der Waals surface area contributed by atoms with Crippen molar-refractivity contribution in [1.29, 1.82) is 0 Å². The van der Waals surface area contributed by atoms with Gasteiger partial charge in [0.05, 0.1) is 24.7 Å². The summed E-state index contributed by atoms with van der Waals surface area (Å²) >= 11 is 0. The van der Waals surface area contributed by atoms with Crippen molar-refractivity contribution in [3.8, 4) is 0 Å². The van der Waals surface area contributed by atoms with Gasteiger partial charge in [-0.25, -0.2) is 0 Å². The van der Waals surface area contributed by atoms with Crippen LogP contribution in [0.1, 0.15) is 87.5 Å². The number of hydrogen-bond acceptors (Lipinski definition) is 9. The molecule has 266 valence electrons. The lowest BCUT2D eigenvalue weighted by Crippen LogP contribution is -2.58. The zero-order valence-corrected chi connectivity index (χ0v) is 30.2. The van der Waals surface area contributed by atoms with Crippen LogP contribution in [0.25, 0.3) is 0 Å². The van der Waals surface area contributed by atoms with E-state index >= 15 is 0 Å². The second kappa shape index (κ2) is 14.7. The van der Waals surface area contributed by atoms with Gasteiger partial charge in [0.1, 0.15) is 35.9 Å². The van der Waals surface area contributed by atoms with Gasteiger partial charge in [0, 0.05) is 32.3 Å². The van der Waals surface area contributed by atoms with Gasteiger partial charge in [0.25, 0.3) is 0 Å². The molecular weight excluding hydrogens is 612 g/mol. The van der Waals surface area contributed by atoms with E-state index in [9.17, 15) is 14.7 Å². The molecule has 0 aromatic rings. The highest BCUT2D eigenvalue weighted by Crippen LogP contribution is 2.48. The molecule has 2 bridgehead atoms. The Balaban J connectivity index is 1.58. The normalized spacial score (nSPS) is 43.7. The number of ether oxygens (including phenoxy) is 6. The van der Waals surface area contributed by atoms with Gasteiger partial charge in [0.15, 0.2) is 5.79 Å². The third kappa shape index (κ3) is 7.17. The monoisotopic (exact) mass is 668 g/mol. The maximum Gasteiger partial charge on any atom is 0.316 e. The second-order valence-electron chi connectivity index (χ2n) is 15.0. The lowest BCUT2D eigenvalue weighted by Gasteiger charge is -2.50. The summed E-state index contributed by atoms with van der Waals surface area (Å²) in [5.41, 5.74) is 1.76. The molecule has 0 aromatic heterocycles. The average Bonchev–Trinajstić information content (AvgIpc) is 3.38. The molecule has 9 heteroatoms. The minimum absolute atomic E-state index is 0.110. The molecule has 1 N–H and O–H groups in total. The predicted octanol–water partition coefficient (Wildman–Crippen LogP) is 6.31. The average molecular weight is 669 g/mol. The van der Waals surface area contributed by atoms with Crippen molar-refractivity contribution in [2.24, 2.45) is 23.7 Å². The topological polar surface area (TPSA) is 110 Å². The molecule has 4 aliphatic heterocycles. The van der Waals surface area contributed by atoms with Crippen LogP contribution in [0.3, 0.4) is 0 Å². The van der Waals surface area contributed by atoms with Gasteiger partial charge in [0.2, 0.25) is 0 Å². The van der Waals surface area contributed by atoms with Crippen molar-refractivity contribution >= 4 is 11.9 Å². The number of esters is 2. The molecule has 0 amide bonds. The molecular formula is C39H56O9. The highest BCUT2D eigenvalue weighted by Gasteiger charge is 2.60. The summed E-state index contributed by atoms with van der Waals surface area (Å²) in [6.07, 6.45) is 11.8. The summed E-state index contributed by atoms with van der Waals surface area (Å²) in [5.74, 6) is -2.83. The van der Waals surface area contributed by atoms with Gasteiger partial charge in [-0.1, -0.05) is 64.2 Å². The quantitative estimate of drug-likeness (QED) is 0.272. The van der Waals surface area contributed by atoms with Gasteiger partial charge in [-0.3, -0.25) is 9.59 Å². The van der Waals surface area contributed by atoms with Crippen LogP contribution in [0.2, 0.25) is 0 Å². The van der Waals surface area contributed by atoms with Gasteiger partial charge in [-0.2, -0.15) is 0 Å². The fraction of sp³-hybridized carbons (Fsp3) is 0.692. The summed E-state index contributed by atoms with van der Waals surface area (Å²) in [7, 11) is 1.58. The summed E-state index contributed by atoms with van der Waals surface area (Å²) in [5, 5.41) is 12.5. The molecule has 3 fully saturated rings. The van der Waals surface area contributed by atoms with Crippen LogP contribution in [0.15, 0.2) is 58.7 Å². The van der Waals surface area contributed by atoms with Gasteiger partial charge in [-0.05, 0) is 68.7 Å². The number of methoxy groups -OCH3 is 1. The highest BCUT2D eigenvalue weighted by atomic mass is 16.7. The van der Waals surface area contributed by atoms with E-state index in [1.54, 1.807) is 13.2 Å². The van der Waals surface area contributed by atoms with E-state index in [-0.39, 0.29) is 36.6 Å². The van der Waals surface area contributed by atoms with E-state index in [0.29, 0.717) is 37.2 Å². The molecule has 0 aromatic carbocycles. The maximum absolute atomic E-state index is 14.2.